The van der Waals surface area contributed by atoms with Gasteiger partial charge in [-0.3, -0.25) is 14.3 Å². The van der Waals surface area contributed by atoms with E-state index in [0.29, 0.717) is 31.9 Å². The lowest BCUT2D eigenvalue weighted by Crippen LogP contribution is -2.50. The van der Waals surface area contributed by atoms with Crippen LogP contribution in [0.3, 0.4) is 0 Å². The molecule has 0 bridgehead atoms. The number of amides is 2. The number of hydrogen-bond acceptors (Lipinski definition) is 4. The highest BCUT2D eigenvalue weighted by atomic mass is 32.1. The van der Waals surface area contributed by atoms with E-state index in [9.17, 15) is 9.59 Å². The van der Waals surface area contributed by atoms with Crippen LogP contribution >= 0.6 is 11.3 Å². The average molecular weight is 332 g/mol. The van der Waals surface area contributed by atoms with Crippen LogP contribution in [0.5, 0.6) is 0 Å². The third-order valence-corrected chi connectivity index (χ3v) is 4.66. The Hall–Kier alpha value is -2.15. The molecule has 0 saturated carbocycles. The Morgan fingerprint density at radius 1 is 1.09 bits per heavy atom. The molecular weight excluding hydrogens is 312 g/mol. The summed E-state index contributed by atoms with van der Waals surface area (Å²) in [7, 11) is 0. The minimum atomic E-state index is -0.0629. The molecular formula is C16H20N4O2S. The van der Waals surface area contributed by atoms with Crippen molar-refractivity contribution in [1.29, 1.82) is 0 Å². The second kappa shape index (κ2) is 6.54. The maximum Gasteiger partial charge on any atom is 0.274 e. The van der Waals surface area contributed by atoms with Gasteiger partial charge in [0.25, 0.3) is 11.8 Å². The fourth-order valence-corrected chi connectivity index (χ4v) is 3.21. The number of thiophene rings is 1. The number of aromatic nitrogens is 2. The molecule has 0 aliphatic carbocycles. The summed E-state index contributed by atoms with van der Waals surface area (Å²) in [5.41, 5.74) is 1.20. The Bertz CT molecular complexity index is 685. The Balaban J connectivity index is 1.60. The fourth-order valence-electron chi connectivity index (χ4n) is 2.58. The van der Waals surface area contributed by atoms with E-state index >= 15 is 0 Å². The molecule has 0 atom stereocenters. The van der Waals surface area contributed by atoms with Gasteiger partial charge in [0.15, 0.2) is 0 Å². The Morgan fingerprint density at radius 2 is 1.74 bits per heavy atom. The lowest BCUT2D eigenvalue weighted by atomic mass is 10.2. The van der Waals surface area contributed by atoms with Gasteiger partial charge in [0, 0.05) is 43.8 Å². The van der Waals surface area contributed by atoms with E-state index in [1.807, 2.05) is 36.9 Å². The molecule has 3 heterocycles. The van der Waals surface area contributed by atoms with Crippen molar-refractivity contribution in [2.24, 2.45) is 0 Å². The van der Waals surface area contributed by atoms with Gasteiger partial charge in [-0.15, -0.1) is 0 Å². The number of hydrogen-bond donors (Lipinski definition) is 0. The fraction of sp³-hybridized carbons (Fsp3) is 0.438. The van der Waals surface area contributed by atoms with Gasteiger partial charge < -0.3 is 9.80 Å². The van der Waals surface area contributed by atoms with Gasteiger partial charge in [0.1, 0.15) is 5.69 Å². The topological polar surface area (TPSA) is 58.4 Å². The van der Waals surface area contributed by atoms with Gasteiger partial charge in [-0.2, -0.15) is 16.4 Å². The highest BCUT2D eigenvalue weighted by molar-refractivity contribution is 7.08. The summed E-state index contributed by atoms with van der Waals surface area (Å²) < 4.78 is 1.78. The number of carbonyl (C=O) groups is 2. The first-order valence-electron chi connectivity index (χ1n) is 7.72. The highest BCUT2D eigenvalue weighted by Gasteiger charge is 2.26. The van der Waals surface area contributed by atoms with Crippen LogP contribution in [0.1, 0.15) is 40.7 Å². The second-order valence-electron chi connectivity index (χ2n) is 5.87. The van der Waals surface area contributed by atoms with Crippen molar-refractivity contribution in [3.05, 3.63) is 40.3 Å². The number of carbonyl (C=O) groups excluding carboxylic acids is 2. The molecule has 2 aromatic rings. The first-order chi connectivity index (χ1) is 11.1. The van der Waals surface area contributed by atoms with Crippen LogP contribution in [0.4, 0.5) is 0 Å². The summed E-state index contributed by atoms with van der Waals surface area (Å²) in [6.45, 7) is 6.26. The van der Waals surface area contributed by atoms with E-state index in [1.54, 1.807) is 20.5 Å². The minimum Gasteiger partial charge on any atom is -0.335 e. The summed E-state index contributed by atoms with van der Waals surface area (Å²) in [5, 5.41) is 8.09. The van der Waals surface area contributed by atoms with E-state index in [0.717, 1.165) is 5.56 Å². The van der Waals surface area contributed by atoms with Gasteiger partial charge in [-0.1, -0.05) is 0 Å². The molecule has 1 aliphatic heterocycles. The first kappa shape index (κ1) is 15.7. The Morgan fingerprint density at radius 3 is 2.26 bits per heavy atom. The molecule has 1 saturated heterocycles. The zero-order valence-electron chi connectivity index (χ0n) is 13.3. The molecule has 1 fully saturated rings. The monoisotopic (exact) mass is 332 g/mol. The largest absolute Gasteiger partial charge is 0.335 e. The smallest absolute Gasteiger partial charge is 0.274 e. The van der Waals surface area contributed by atoms with Crippen LogP contribution in [0.25, 0.3) is 0 Å². The van der Waals surface area contributed by atoms with Crippen molar-refractivity contribution >= 4 is 23.2 Å². The number of nitrogens with zero attached hydrogens (tertiary/aromatic N) is 4. The van der Waals surface area contributed by atoms with Crippen molar-refractivity contribution in [3.63, 3.8) is 0 Å². The molecule has 6 nitrogen and oxygen atoms in total. The summed E-state index contributed by atoms with van der Waals surface area (Å²) in [5.74, 6) is -0.0190. The summed E-state index contributed by atoms with van der Waals surface area (Å²) >= 11 is 1.52. The summed E-state index contributed by atoms with van der Waals surface area (Å²) in [6.07, 6.45) is 1.83. The standard InChI is InChI=1S/C16H20N4O2S/c1-12(2)20-5-3-14(17-20)16(22)19-8-6-18(7-9-19)15(21)13-4-10-23-11-13/h3-5,10-12H,6-9H2,1-2H3. The van der Waals surface area contributed by atoms with E-state index < -0.39 is 0 Å². The van der Waals surface area contributed by atoms with Crippen molar-refractivity contribution in [3.8, 4) is 0 Å². The van der Waals surface area contributed by atoms with Gasteiger partial charge >= 0.3 is 0 Å². The predicted octanol–water partition coefficient (Wildman–Crippen LogP) is 2.12. The molecule has 1 aliphatic rings. The van der Waals surface area contributed by atoms with Crippen LogP contribution in [-0.2, 0) is 0 Å². The maximum absolute atomic E-state index is 12.5. The van der Waals surface area contributed by atoms with E-state index in [4.69, 9.17) is 0 Å². The molecule has 0 aromatic carbocycles. The Kier molecular flexibility index (Phi) is 4.47. The predicted molar refractivity (Wildman–Crippen MR) is 88.7 cm³/mol. The van der Waals surface area contributed by atoms with Gasteiger partial charge in [-0.25, -0.2) is 0 Å². The highest BCUT2D eigenvalue weighted by Crippen LogP contribution is 2.14. The van der Waals surface area contributed by atoms with Crippen molar-refractivity contribution < 1.29 is 9.59 Å². The first-order valence-corrected chi connectivity index (χ1v) is 8.66. The van der Waals surface area contributed by atoms with Crippen molar-refractivity contribution in [2.45, 2.75) is 19.9 Å². The lowest BCUT2D eigenvalue weighted by molar-refractivity contribution is 0.0532. The molecule has 3 rings (SSSR count). The number of rotatable bonds is 3. The van der Waals surface area contributed by atoms with Crippen LogP contribution in [0.15, 0.2) is 29.1 Å². The molecule has 0 N–H and O–H groups in total. The average Bonchev–Trinajstić information content (AvgIpc) is 3.25. The molecule has 2 amide bonds. The molecule has 0 radical (unpaired) electrons. The third-order valence-electron chi connectivity index (χ3n) is 3.98. The normalized spacial score (nSPS) is 15.3. The Labute approximate surface area is 139 Å². The second-order valence-corrected chi connectivity index (χ2v) is 6.65. The van der Waals surface area contributed by atoms with E-state index in [-0.39, 0.29) is 17.9 Å². The minimum absolute atomic E-state index is 0.0439. The van der Waals surface area contributed by atoms with Gasteiger partial charge in [0.05, 0.1) is 5.56 Å². The van der Waals surface area contributed by atoms with Gasteiger partial charge in [0.2, 0.25) is 0 Å². The molecule has 2 aromatic heterocycles. The molecule has 7 heteroatoms. The van der Waals surface area contributed by atoms with Crippen LogP contribution in [0, 0.1) is 0 Å². The van der Waals surface area contributed by atoms with Crippen LogP contribution in [0.2, 0.25) is 0 Å². The van der Waals surface area contributed by atoms with E-state index in [2.05, 4.69) is 5.10 Å². The van der Waals surface area contributed by atoms with E-state index in [1.165, 1.54) is 11.3 Å². The zero-order chi connectivity index (χ0) is 16.4. The summed E-state index contributed by atoms with van der Waals surface area (Å²) in [6, 6.07) is 3.82. The SMILES string of the molecule is CC(C)n1ccc(C(=O)N2CCN(C(=O)c3ccsc3)CC2)n1. The molecule has 0 unspecified atom stereocenters. The summed E-state index contributed by atoms with van der Waals surface area (Å²) in [4.78, 5) is 28.4. The third kappa shape index (κ3) is 3.29. The number of piperazine rings is 1. The molecule has 0 spiro atoms. The maximum atomic E-state index is 12.5. The van der Waals surface area contributed by atoms with Crippen LogP contribution in [-0.4, -0.2) is 57.6 Å². The lowest BCUT2D eigenvalue weighted by Gasteiger charge is -2.34. The van der Waals surface area contributed by atoms with Crippen molar-refractivity contribution in [1.82, 2.24) is 19.6 Å². The van der Waals surface area contributed by atoms with Gasteiger partial charge in [-0.05, 0) is 31.4 Å². The zero-order valence-corrected chi connectivity index (χ0v) is 14.1. The van der Waals surface area contributed by atoms with Crippen molar-refractivity contribution in [2.75, 3.05) is 26.2 Å². The molecule has 23 heavy (non-hydrogen) atoms. The quantitative estimate of drug-likeness (QED) is 0.865. The molecule has 122 valence electrons. The van der Waals surface area contributed by atoms with Crippen LogP contribution < -0.4 is 0 Å².